The third kappa shape index (κ3) is 74.3. The number of carbonyl (C=O) groups excluding carboxylic acids is 4. The standard InChI is InChI=1S/C81H158O17P2/c1-8-9-10-11-12-13-34-41-48-55-62-78(83)91-68-76(98-81(86)65-58-51-44-37-30-29-33-40-47-54-61-74(6)7)70-95-99(87,88)93-66-75(82)67-94-100(89,90)96-71-77(69-92-79(84)63-56-49-42-35-27-24-20-22-26-32-39-46-53-60-73(4)5)97-80(85)64-57-50-43-36-28-23-19-17-15-14-16-18-21-25-31-38-45-52-59-72(2)3/h72-77,82H,8-71H2,1-7H3,(H,87,88)(H,89,90)/t75-,76+,77+/m0/s1. The van der Waals surface area contributed by atoms with Gasteiger partial charge < -0.3 is 33.8 Å². The Bertz CT molecular complexity index is 1940. The fourth-order valence-corrected chi connectivity index (χ4v) is 14.1. The van der Waals surface area contributed by atoms with E-state index in [0.717, 1.165) is 108 Å². The smallest absolute Gasteiger partial charge is 0.462 e. The molecule has 0 radical (unpaired) electrons. The summed E-state index contributed by atoms with van der Waals surface area (Å²) in [6.45, 7) is 12.0. The van der Waals surface area contributed by atoms with Crippen LogP contribution < -0.4 is 0 Å². The summed E-state index contributed by atoms with van der Waals surface area (Å²) in [4.78, 5) is 73.0. The lowest BCUT2D eigenvalue weighted by Gasteiger charge is -2.21. The van der Waals surface area contributed by atoms with E-state index in [1.165, 1.54) is 231 Å². The predicted molar refractivity (Wildman–Crippen MR) is 409 cm³/mol. The van der Waals surface area contributed by atoms with Crippen molar-refractivity contribution in [3.05, 3.63) is 0 Å². The molecule has 19 heteroatoms. The molecule has 0 saturated heterocycles. The largest absolute Gasteiger partial charge is 0.472 e. The lowest BCUT2D eigenvalue weighted by atomic mass is 10.0. The summed E-state index contributed by atoms with van der Waals surface area (Å²) in [5, 5.41) is 10.6. The van der Waals surface area contributed by atoms with Gasteiger partial charge >= 0.3 is 39.5 Å². The number of hydrogen-bond acceptors (Lipinski definition) is 15. The highest BCUT2D eigenvalue weighted by molar-refractivity contribution is 7.47. The minimum absolute atomic E-state index is 0.106. The van der Waals surface area contributed by atoms with Gasteiger partial charge in [0.2, 0.25) is 0 Å². The third-order valence-electron chi connectivity index (χ3n) is 18.9. The number of hydrogen-bond donors (Lipinski definition) is 3. The maximum atomic E-state index is 13.1. The first-order valence-corrected chi connectivity index (χ1v) is 44.8. The highest BCUT2D eigenvalue weighted by Gasteiger charge is 2.30. The first kappa shape index (κ1) is 98.1. The normalized spacial score (nSPS) is 14.0. The average Bonchev–Trinajstić information content (AvgIpc) is 0.952. The van der Waals surface area contributed by atoms with Crippen LogP contribution in [0.5, 0.6) is 0 Å². The molecule has 0 aromatic rings. The second kappa shape index (κ2) is 71.3. The lowest BCUT2D eigenvalue weighted by Crippen LogP contribution is -2.30. The summed E-state index contributed by atoms with van der Waals surface area (Å²) >= 11 is 0. The molecule has 3 N–H and O–H groups in total. The minimum atomic E-state index is -4.96. The zero-order valence-corrected chi connectivity index (χ0v) is 67.5. The van der Waals surface area contributed by atoms with Crippen molar-refractivity contribution >= 4 is 39.5 Å². The Morgan fingerprint density at radius 3 is 0.680 bits per heavy atom. The van der Waals surface area contributed by atoms with Crippen molar-refractivity contribution in [1.29, 1.82) is 0 Å². The number of esters is 4. The number of aliphatic hydroxyl groups is 1. The zero-order chi connectivity index (χ0) is 73.7. The molecule has 0 rings (SSSR count). The van der Waals surface area contributed by atoms with E-state index >= 15 is 0 Å². The molecule has 594 valence electrons. The number of rotatable bonds is 79. The van der Waals surface area contributed by atoms with Gasteiger partial charge in [0.25, 0.3) is 0 Å². The van der Waals surface area contributed by atoms with Crippen molar-refractivity contribution in [1.82, 2.24) is 0 Å². The van der Waals surface area contributed by atoms with Gasteiger partial charge in [-0.25, -0.2) is 9.13 Å². The van der Waals surface area contributed by atoms with Crippen molar-refractivity contribution < 1.29 is 80.2 Å². The van der Waals surface area contributed by atoms with E-state index in [2.05, 4.69) is 48.5 Å². The first-order valence-electron chi connectivity index (χ1n) is 41.8. The average molecular weight is 1470 g/mol. The van der Waals surface area contributed by atoms with Gasteiger partial charge in [-0.05, 0) is 43.4 Å². The predicted octanol–water partition coefficient (Wildman–Crippen LogP) is 24.1. The second-order valence-electron chi connectivity index (χ2n) is 30.6. The quantitative estimate of drug-likeness (QED) is 0.0222. The van der Waals surface area contributed by atoms with E-state index in [1.54, 1.807) is 0 Å². The molecule has 17 nitrogen and oxygen atoms in total. The van der Waals surface area contributed by atoms with Crippen LogP contribution in [0, 0.1) is 17.8 Å². The maximum absolute atomic E-state index is 13.1. The molecule has 0 aromatic carbocycles. The van der Waals surface area contributed by atoms with Crippen LogP contribution in [-0.2, 0) is 65.4 Å². The Labute approximate surface area is 613 Å². The molecule has 0 spiro atoms. The van der Waals surface area contributed by atoms with Crippen LogP contribution >= 0.6 is 15.6 Å². The van der Waals surface area contributed by atoms with E-state index in [0.29, 0.717) is 25.7 Å². The molecule has 0 aromatic heterocycles. The van der Waals surface area contributed by atoms with E-state index in [-0.39, 0.29) is 25.7 Å². The molecule has 0 aliphatic heterocycles. The van der Waals surface area contributed by atoms with Crippen LogP contribution in [0.3, 0.4) is 0 Å². The Hall–Kier alpha value is -1.94. The fraction of sp³-hybridized carbons (Fsp3) is 0.951. The molecule has 100 heavy (non-hydrogen) atoms. The number of aliphatic hydroxyl groups excluding tert-OH is 1. The molecule has 0 aliphatic rings. The SMILES string of the molecule is CCCCCCCCCCCCC(=O)OC[C@H](COP(=O)(O)OC[C@H](O)COP(=O)(O)OC[C@@H](COC(=O)CCCCCCCCCCCCCCCC(C)C)OC(=O)CCCCCCCCCCCCCCCCCCCCC(C)C)OC(=O)CCCCCCCCCCCCC(C)C. The highest BCUT2D eigenvalue weighted by atomic mass is 31.2. The molecule has 0 heterocycles. The molecule has 0 aliphatic carbocycles. The lowest BCUT2D eigenvalue weighted by molar-refractivity contribution is -0.161. The van der Waals surface area contributed by atoms with Crippen molar-refractivity contribution in [2.24, 2.45) is 17.8 Å². The van der Waals surface area contributed by atoms with Crippen molar-refractivity contribution in [2.75, 3.05) is 39.6 Å². The van der Waals surface area contributed by atoms with Gasteiger partial charge in [-0.15, -0.1) is 0 Å². The minimum Gasteiger partial charge on any atom is -0.462 e. The molecule has 2 unspecified atom stereocenters. The summed E-state index contributed by atoms with van der Waals surface area (Å²) in [5.74, 6) is 0.252. The van der Waals surface area contributed by atoms with Crippen LogP contribution in [0.2, 0.25) is 0 Å². The van der Waals surface area contributed by atoms with Crippen LogP contribution in [0.4, 0.5) is 0 Å². The maximum Gasteiger partial charge on any atom is 0.472 e. The second-order valence-corrected chi connectivity index (χ2v) is 33.5. The molecule has 0 fully saturated rings. The molecule has 0 saturated carbocycles. The summed E-state index contributed by atoms with van der Waals surface area (Å²) < 4.78 is 68.7. The number of carbonyl (C=O) groups is 4. The van der Waals surface area contributed by atoms with Gasteiger partial charge in [0.05, 0.1) is 26.4 Å². The first-order chi connectivity index (χ1) is 48.2. The van der Waals surface area contributed by atoms with Crippen molar-refractivity contribution in [3.8, 4) is 0 Å². The summed E-state index contributed by atoms with van der Waals surface area (Å²) in [6, 6.07) is 0. The topological polar surface area (TPSA) is 237 Å². The Kier molecular flexibility index (Phi) is 69.9. The van der Waals surface area contributed by atoms with E-state index < -0.39 is 97.5 Å². The van der Waals surface area contributed by atoms with E-state index in [4.69, 9.17) is 37.0 Å². The summed E-state index contributed by atoms with van der Waals surface area (Å²) in [5.41, 5.74) is 0. The Morgan fingerprint density at radius 2 is 0.460 bits per heavy atom. The number of ether oxygens (including phenoxy) is 4. The van der Waals surface area contributed by atoms with Gasteiger partial charge in [0, 0.05) is 25.7 Å². The highest BCUT2D eigenvalue weighted by Crippen LogP contribution is 2.45. The monoisotopic (exact) mass is 1470 g/mol. The third-order valence-corrected chi connectivity index (χ3v) is 20.8. The van der Waals surface area contributed by atoms with E-state index in [9.17, 15) is 43.2 Å². The number of unbranched alkanes of at least 4 members (excludes halogenated alkanes) is 47. The molecular formula is C81H158O17P2. The summed E-state index contributed by atoms with van der Waals surface area (Å²) in [7, 11) is -9.92. The van der Waals surface area contributed by atoms with Crippen molar-refractivity contribution in [3.63, 3.8) is 0 Å². The van der Waals surface area contributed by atoms with Gasteiger partial charge in [-0.1, -0.05) is 370 Å². The zero-order valence-electron chi connectivity index (χ0n) is 65.7. The van der Waals surface area contributed by atoms with Gasteiger partial charge in [-0.2, -0.15) is 0 Å². The van der Waals surface area contributed by atoms with Crippen LogP contribution in [0.25, 0.3) is 0 Å². The molecule has 0 bridgehead atoms. The van der Waals surface area contributed by atoms with Crippen LogP contribution in [0.1, 0.15) is 421 Å². The van der Waals surface area contributed by atoms with Gasteiger partial charge in [0.1, 0.15) is 19.3 Å². The molecule has 0 amide bonds. The number of phosphoric ester groups is 2. The van der Waals surface area contributed by atoms with Crippen molar-refractivity contribution in [2.45, 2.75) is 439 Å². The number of phosphoric acid groups is 2. The van der Waals surface area contributed by atoms with Crippen LogP contribution in [0.15, 0.2) is 0 Å². The molecule has 5 atom stereocenters. The Morgan fingerprint density at radius 1 is 0.270 bits per heavy atom. The van der Waals surface area contributed by atoms with Gasteiger partial charge in [0.15, 0.2) is 12.2 Å². The molecular weight excluding hydrogens is 1310 g/mol. The van der Waals surface area contributed by atoms with Crippen LogP contribution in [-0.4, -0.2) is 96.7 Å². The van der Waals surface area contributed by atoms with E-state index in [1.807, 2.05) is 0 Å². The summed E-state index contributed by atoms with van der Waals surface area (Å²) in [6.07, 6.45) is 59.7. The fourth-order valence-electron chi connectivity index (χ4n) is 12.5. The van der Waals surface area contributed by atoms with Gasteiger partial charge in [-0.3, -0.25) is 37.3 Å². The Balaban J connectivity index is 5.22.